The summed E-state index contributed by atoms with van der Waals surface area (Å²) in [5, 5.41) is 16.4. The Balaban J connectivity index is 1.49. The second kappa shape index (κ2) is 8.56. The number of hydrogen-bond acceptors (Lipinski definition) is 8. The van der Waals surface area contributed by atoms with E-state index in [-0.39, 0.29) is 12.5 Å². The molecule has 0 aliphatic rings. The van der Waals surface area contributed by atoms with Gasteiger partial charge >= 0.3 is 0 Å². The molecule has 0 aliphatic carbocycles. The second-order valence-corrected chi connectivity index (χ2v) is 7.38. The third-order valence-electron chi connectivity index (χ3n) is 4.06. The summed E-state index contributed by atoms with van der Waals surface area (Å²) < 4.78 is 17.6. The molecule has 1 amide bonds. The molecule has 154 valence electrons. The zero-order valence-electron chi connectivity index (χ0n) is 16.0. The molecule has 0 spiro atoms. The summed E-state index contributed by atoms with van der Waals surface area (Å²) in [7, 11) is 3.13. The quantitative estimate of drug-likeness (QED) is 0.464. The minimum atomic E-state index is -0.345. The lowest BCUT2D eigenvalue weighted by atomic mass is 10.2. The molecule has 0 fully saturated rings. The van der Waals surface area contributed by atoms with Gasteiger partial charge in [-0.1, -0.05) is 22.9 Å². The van der Waals surface area contributed by atoms with Gasteiger partial charge in [-0.25, -0.2) is 0 Å². The van der Waals surface area contributed by atoms with Crippen LogP contribution in [0.15, 0.2) is 42.5 Å². The van der Waals surface area contributed by atoms with E-state index in [1.54, 1.807) is 55.1 Å². The fraction of sp³-hybridized carbons (Fsp3) is 0.158. The maximum atomic E-state index is 12.2. The number of anilines is 1. The van der Waals surface area contributed by atoms with Crippen LogP contribution in [-0.2, 0) is 4.79 Å². The van der Waals surface area contributed by atoms with Crippen LogP contribution in [0.5, 0.6) is 17.2 Å². The van der Waals surface area contributed by atoms with Gasteiger partial charge in [-0.05, 0) is 42.5 Å². The van der Waals surface area contributed by atoms with Crippen LogP contribution < -0.4 is 19.5 Å². The average Bonchev–Trinajstić information content (AvgIpc) is 3.33. The topological polar surface area (TPSA) is 99.9 Å². The van der Waals surface area contributed by atoms with Gasteiger partial charge in [0.05, 0.1) is 14.2 Å². The highest BCUT2D eigenvalue weighted by Gasteiger charge is 2.16. The molecule has 0 atom stereocenters. The molecule has 4 aromatic rings. The smallest absolute Gasteiger partial charge is 0.264 e. The monoisotopic (exact) mass is 445 g/mol. The van der Waals surface area contributed by atoms with E-state index in [0.29, 0.717) is 38.2 Å². The van der Waals surface area contributed by atoms with Crippen molar-refractivity contribution in [2.45, 2.75) is 0 Å². The van der Waals surface area contributed by atoms with Crippen molar-refractivity contribution in [3.63, 3.8) is 0 Å². The predicted octanol–water partition coefficient (Wildman–Crippen LogP) is 3.54. The Morgan fingerprint density at radius 2 is 1.87 bits per heavy atom. The predicted molar refractivity (Wildman–Crippen MR) is 113 cm³/mol. The van der Waals surface area contributed by atoms with Gasteiger partial charge in [-0.15, -0.1) is 15.3 Å². The fourth-order valence-electron chi connectivity index (χ4n) is 2.66. The first-order valence-corrected chi connectivity index (χ1v) is 9.89. The Bertz CT molecular complexity index is 1190. The highest BCUT2D eigenvalue weighted by molar-refractivity contribution is 7.20. The van der Waals surface area contributed by atoms with Gasteiger partial charge in [0.25, 0.3) is 5.91 Å². The summed E-state index contributed by atoms with van der Waals surface area (Å²) >= 11 is 7.03. The number of nitrogens with zero attached hydrogens (tertiary/aromatic N) is 4. The molecule has 0 aliphatic heterocycles. The Labute approximate surface area is 180 Å². The first-order chi connectivity index (χ1) is 14.6. The van der Waals surface area contributed by atoms with E-state index in [2.05, 4.69) is 20.6 Å². The van der Waals surface area contributed by atoms with Crippen molar-refractivity contribution in [2.75, 3.05) is 26.1 Å². The zero-order chi connectivity index (χ0) is 21.1. The molecular weight excluding hydrogens is 430 g/mol. The first-order valence-electron chi connectivity index (χ1n) is 8.70. The summed E-state index contributed by atoms with van der Waals surface area (Å²) in [6.45, 7) is -0.162. The van der Waals surface area contributed by atoms with Crippen molar-refractivity contribution in [1.29, 1.82) is 0 Å². The van der Waals surface area contributed by atoms with E-state index in [9.17, 15) is 4.79 Å². The van der Waals surface area contributed by atoms with Crippen LogP contribution in [0.1, 0.15) is 0 Å². The van der Waals surface area contributed by atoms with Crippen molar-refractivity contribution in [3.05, 3.63) is 47.5 Å². The van der Waals surface area contributed by atoms with Crippen molar-refractivity contribution in [1.82, 2.24) is 19.8 Å². The number of aromatic nitrogens is 4. The molecule has 9 nitrogen and oxygen atoms in total. The van der Waals surface area contributed by atoms with Crippen LogP contribution in [0.2, 0.25) is 5.02 Å². The Morgan fingerprint density at radius 3 is 2.60 bits per heavy atom. The number of halogens is 1. The van der Waals surface area contributed by atoms with Crippen molar-refractivity contribution in [2.24, 2.45) is 0 Å². The van der Waals surface area contributed by atoms with E-state index in [1.807, 2.05) is 6.07 Å². The Kier molecular flexibility index (Phi) is 5.68. The lowest BCUT2D eigenvalue weighted by Crippen LogP contribution is -2.20. The molecule has 0 saturated heterocycles. The maximum absolute atomic E-state index is 12.2. The van der Waals surface area contributed by atoms with Gasteiger partial charge < -0.3 is 14.2 Å². The SMILES string of the molecule is COc1ccc(-c2nnc3sc(NC(=O)COc4ccc(Cl)cc4)nn23)cc1OC. The average molecular weight is 446 g/mol. The van der Waals surface area contributed by atoms with Crippen molar-refractivity contribution >= 4 is 38.9 Å². The van der Waals surface area contributed by atoms with E-state index < -0.39 is 0 Å². The minimum absolute atomic E-state index is 0.162. The van der Waals surface area contributed by atoms with Crippen LogP contribution >= 0.6 is 22.9 Å². The number of methoxy groups -OCH3 is 2. The number of ether oxygens (including phenoxy) is 3. The largest absolute Gasteiger partial charge is 0.493 e. The lowest BCUT2D eigenvalue weighted by Gasteiger charge is -2.08. The molecule has 0 unspecified atom stereocenters. The van der Waals surface area contributed by atoms with Gasteiger partial charge in [-0.2, -0.15) is 4.52 Å². The maximum Gasteiger partial charge on any atom is 0.264 e. The van der Waals surface area contributed by atoms with E-state index in [4.69, 9.17) is 25.8 Å². The van der Waals surface area contributed by atoms with Gasteiger partial charge in [-0.3, -0.25) is 10.1 Å². The summed E-state index contributed by atoms with van der Waals surface area (Å²) in [6.07, 6.45) is 0. The molecule has 2 aromatic heterocycles. The zero-order valence-corrected chi connectivity index (χ0v) is 17.5. The van der Waals surface area contributed by atoms with Gasteiger partial charge in [0, 0.05) is 10.6 Å². The number of carbonyl (C=O) groups excluding carboxylic acids is 1. The Hall–Kier alpha value is -3.37. The molecule has 11 heteroatoms. The van der Waals surface area contributed by atoms with Gasteiger partial charge in [0.2, 0.25) is 10.1 Å². The van der Waals surface area contributed by atoms with Crippen molar-refractivity contribution in [3.8, 4) is 28.6 Å². The minimum Gasteiger partial charge on any atom is -0.493 e. The molecule has 30 heavy (non-hydrogen) atoms. The number of benzene rings is 2. The Morgan fingerprint density at radius 1 is 1.10 bits per heavy atom. The van der Waals surface area contributed by atoms with Crippen LogP contribution in [0.3, 0.4) is 0 Å². The summed E-state index contributed by atoms with van der Waals surface area (Å²) in [6, 6.07) is 12.1. The lowest BCUT2D eigenvalue weighted by molar-refractivity contribution is -0.118. The molecule has 2 aromatic carbocycles. The number of rotatable bonds is 7. The normalized spacial score (nSPS) is 10.8. The molecule has 4 rings (SSSR count). The molecule has 0 saturated carbocycles. The van der Waals surface area contributed by atoms with Crippen molar-refractivity contribution < 1.29 is 19.0 Å². The number of amides is 1. The summed E-state index contributed by atoms with van der Waals surface area (Å²) in [5.41, 5.74) is 0.745. The number of fused-ring (bicyclic) bond motifs is 1. The second-order valence-electron chi connectivity index (χ2n) is 5.99. The molecule has 0 radical (unpaired) electrons. The number of hydrogen-bond donors (Lipinski definition) is 1. The third kappa shape index (κ3) is 4.14. The highest BCUT2D eigenvalue weighted by atomic mass is 35.5. The molecular formula is C19H16ClN5O4S. The van der Waals surface area contributed by atoms with Crippen LogP contribution in [-0.4, -0.2) is 46.5 Å². The summed E-state index contributed by atoms with van der Waals surface area (Å²) in [4.78, 5) is 12.7. The van der Waals surface area contributed by atoms with Gasteiger partial charge in [0.15, 0.2) is 23.9 Å². The van der Waals surface area contributed by atoms with E-state index in [1.165, 1.54) is 11.3 Å². The van der Waals surface area contributed by atoms with Crippen LogP contribution in [0.4, 0.5) is 5.13 Å². The number of nitrogens with one attached hydrogen (secondary N) is 1. The first kappa shape index (κ1) is 19.9. The molecule has 1 N–H and O–H groups in total. The van der Waals surface area contributed by atoms with Crippen LogP contribution in [0.25, 0.3) is 16.3 Å². The highest BCUT2D eigenvalue weighted by Crippen LogP contribution is 2.32. The molecule has 0 bridgehead atoms. The summed E-state index contributed by atoms with van der Waals surface area (Å²) in [5.74, 6) is 1.88. The standard InChI is InChI=1S/C19H16ClN5O4S/c1-27-14-8-3-11(9-15(14)28-2)17-22-23-19-25(17)24-18(30-19)21-16(26)10-29-13-6-4-12(20)5-7-13/h3-9H,10H2,1-2H3,(H,21,24,26). The fourth-order valence-corrected chi connectivity index (χ4v) is 3.54. The van der Waals surface area contributed by atoms with E-state index in [0.717, 1.165) is 5.56 Å². The number of carbonyl (C=O) groups is 1. The van der Waals surface area contributed by atoms with Gasteiger partial charge in [0.1, 0.15) is 5.75 Å². The third-order valence-corrected chi connectivity index (χ3v) is 5.13. The van der Waals surface area contributed by atoms with E-state index >= 15 is 0 Å². The van der Waals surface area contributed by atoms with Crippen LogP contribution in [0, 0.1) is 0 Å². The molecule has 2 heterocycles.